The van der Waals surface area contributed by atoms with Crippen LogP contribution in [0.4, 0.5) is 11.5 Å². The first kappa shape index (κ1) is 15.8. The summed E-state index contributed by atoms with van der Waals surface area (Å²) in [6.07, 6.45) is 0.732. The molecule has 0 amide bonds. The van der Waals surface area contributed by atoms with E-state index in [0.717, 1.165) is 34.0 Å². The standard InChI is InChI=1S/C21H19N3S/c1-14-7-6-10-17(11-14)22-20-18-12-15(2)25-21(18)24-19(23-20)13-16-8-4-3-5-9-16/h3-12H,13H2,1-2H3,(H,22,23,24). The van der Waals surface area contributed by atoms with Crippen LogP contribution in [0.2, 0.25) is 0 Å². The van der Waals surface area contributed by atoms with E-state index < -0.39 is 0 Å². The molecule has 0 bridgehead atoms. The van der Waals surface area contributed by atoms with E-state index >= 15 is 0 Å². The topological polar surface area (TPSA) is 37.8 Å². The summed E-state index contributed by atoms with van der Waals surface area (Å²) in [4.78, 5) is 11.9. The third-order valence-corrected chi connectivity index (χ3v) is 4.99. The molecule has 124 valence electrons. The Bertz CT molecular complexity index is 1020. The number of aromatic nitrogens is 2. The summed E-state index contributed by atoms with van der Waals surface area (Å²) in [6, 6.07) is 20.9. The Balaban J connectivity index is 1.75. The molecule has 0 fully saturated rings. The molecular weight excluding hydrogens is 326 g/mol. The van der Waals surface area contributed by atoms with Crippen molar-refractivity contribution in [2.75, 3.05) is 5.32 Å². The minimum Gasteiger partial charge on any atom is -0.340 e. The second-order valence-electron chi connectivity index (χ2n) is 6.22. The van der Waals surface area contributed by atoms with Gasteiger partial charge < -0.3 is 5.32 Å². The molecule has 0 saturated heterocycles. The monoisotopic (exact) mass is 345 g/mol. The number of hydrogen-bond acceptors (Lipinski definition) is 4. The van der Waals surface area contributed by atoms with Gasteiger partial charge in [0.15, 0.2) is 0 Å². The largest absolute Gasteiger partial charge is 0.340 e. The molecule has 25 heavy (non-hydrogen) atoms. The van der Waals surface area contributed by atoms with Gasteiger partial charge in [-0.2, -0.15) is 0 Å². The summed E-state index contributed by atoms with van der Waals surface area (Å²) in [5.41, 5.74) is 3.49. The number of rotatable bonds is 4. The second kappa shape index (κ2) is 6.65. The summed E-state index contributed by atoms with van der Waals surface area (Å²) in [6.45, 7) is 4.20. The molecule has 2 aromatic carbocycles. The van der Waals surface area contributed by atoms with Crippen LogP contribution < -0.4 is 5.32 Å². The molecule has 2 heterocycles. The van der Waals surface area contributed by atoms with Crippen molar-refractivity contribution in [3.63, 3.8) is 0 Å². The van der Waals surface area contributed by atoms with Gasteiger partial charge in [-0.05, 0) is 43.2 Å². The molecule has 0 saturated carbocycles. The number of thiophene rings is 1. The van der Waals surface area contributed by atoms with E-state index in [9.17, 15) is 0 Å². The maximum absolute atomic E-state index is 4.82. The van der Waals surface area contributed by atoms with Crippen molar-refractivity contribution in [1.29, 1.82) is 0 Å². The second-order valence-corrected chi connectivity index (χ2v) is 7.46. The molecule has 0 atom stereocenters. The maximum atomic E-state index is 4.82. The van der Waals surface area contributed by atoms with E-state index in [0.29, 0.717) is 0 Å². The van der Waals surface area contributed by atoms with Crippen molar-refractivity contribution >= 4 is 33.1 Å². The minimum absolute atomic E-state index is 0.732. The summed E-state index contributed by atoms with van der Waals surface area (Å²) >= 11 is 1.71. The van der Waals surface area contributed by atoms with Gasteiger partial charge in [0.1, 0.15) is 16.5 Å². The molecular formula is C21H19N3S. The number of hydrogen-bond donors (Lipinski definition) is 1. The van der Waals surface area contributed by atoms with Crippen molar-refractivity contribution < 1.29 is 0 Å². The molecule has 4 aromatic rings. The fourth-order valence-electron chi connectivity index (χ4n) is 2.90. The third kappa shape index (κ3) is 3.54. The highest BCUT2D eigenvalue weighted by atomic mass is 32.1. The van der Waals surface area contributed by atoms with E-state index in [4.69, 9.17) is 9.97 Å². The molecule has 0 aliphatic heterocycles. The van der Waals surface area contributed by atoms with Crippen LogP contribution in [0.15, 0.2) is 60.7 Å². The maximum Gasteiger partial charge on any atom is 0.142 e. The summed E-state index contributed by atoms with van der Waals surface area (Å²) in [5, 5.41) is 4.57. The number of fused-ring (bicyclic) bond motifs is 1. The molecule has 2 aromatic heterocycles. The normalized spacial score (nSPS) is 11.0. The molecule has 3 nitrogen and oxygen atoms in total. The average Bonchev–Trinajstić information content (AvgIpc) is 2.96. The highest BCUT2D eigenvalue weighted by Crippen LogP contribution is 2.30. The molecule has 0 aliphatic rings. The van der Waals surface area contributed by atoms with Crippen LogP contribution in [-0.2, 0) is 6.42 Å². The van der Waals surface area contributed by atoms with Gasteiger partial charge in [0.2, 0.25) is 0 Å². The van der Waals surface area contributed by atoms with Crippen LogP contribution in [0.5, 0.6) is 0 Å². The lowest BCUT2D eigenvalue weighted by molar-refractivity contribution is 1.000. The molecule has 0 aliphatic carbocycles. The van der Waals surface area contributed by atoms with Crippen LogP contribution in [0.25, 0.3) is 10.2 Å². The molecule has 4 heteroatoms. The van der Waals surface area contributed by atoms with Crippen molar-refractivity contribution in [2.45, 2.75) is 20.3 Å². The van der Waals surface area contributed by atoms with Crippen molar-refractivity contribution in [2.24, 2.45) is 0 Å². The van der Waals surface area contributed by atoms with E-state index in [1.807, 2.05) is 6.07 Å². The van der Waals surface area contributed by atoms with Crippen molar-refractivity contribution in [1.82, 2.24) is 9.97 Å². The van der Waals surface area contributed by atoms with Crippen molar-refractivity contribution in [3.05, 3.63) is 82.5 Å². The zero-order valence-corrected chi connectivity index (χ0v) is 15.1. The Morgan fingerprint density at radius 3 is 2.56 bits per heavy atom. The molecule has 0 spiro atoms. The van der Waals surface area contributed by atoms with Gasteiger partial charge in [0.05, 0.1) is 5.39 Å². The first-order chi connectivity index (χ1) is 12.2. The van der Waals surface area contributed by atoms with E-state index in [-0.39, 0.29) is 0 Å². The Kier molecular flexibility index (Phi) is 4.20. The number of nitrogens with zero attached hydrogens (tertiary/aromatic N) is 2. The smallest absolute Gasteiger partial charge is 0.142 e. The fourth-order valence-corrected chi connectivity index (χ4v) is 3.80. The Hall–Kier alpha value is -2.72. The highest BCUT2D eigenvalue weighted by molar-refractivity contribution is 7.18. The average molecular weight is 345 g/mol. The predicted molar refractivity (Wildman–Crippen MR) is 106 cm³/mol. The number of nitrogens with one attached hydrogen (secondary N) is 1. The quantitative estimate of drug-likeness (QED) is 0.520. The predicted octanol–water partition coefficient (Wildman–Crippen LogP) is 5.64. The van der Waals surface area contributed by atoms with Gasteiger partial charge >= 0.3 is 0 Å². The van der Waals surface area contributed by atoms with Gasteiger partial charge in [-0.1, -0.05) is 42.5 Å². The van der Waals surface area contributed by atoms with Gasteiger partial charge in [-0.3, -0.25) is 0 Å². The summed E-state index contributed by atoms with van der Waals surface area (Å²) in [7, 11) is 0. The van der Waals surface area contributed by atoms with Crippen LogP contribution >= 0.6 is 11.3 Å². The number of benzene rings is 2. The Labute approximate surface area is 151 Å². The molecule has 4 rings (SSSR count). The lowest BCUT2D eigenvalue weighted by Gasteiger charge is -2.09. The SMILES string of the molecule is Cc1cccc(Nc2nc(Cc3ccccc3)nc3sc(C)cc23)c1. The number of aryl methyl sites for hydroxylation is 2. The first-order valence-corrected chi connectivity index (χ1v) is 9.14. The van der Waals surface area contributed by atoms with Gasteiger partial charge in [0, 0.05) is 17.0 Å². The molecule has 0 radical (unpaired) electrons. The van der Waals surface area contributed by atoms with Gasteiger partial charge in [0.25, 0.3) is 0 Å². The van der Waals surface area contributed by atoms with Crippen LogP contribution in [0, 0.1) is 13.8 Å². The zero-order chi connectivity index (χ0) is 17.2. The summed E-state index contributed by atoms with van der Waals surface area (Å²) in [5.74, 6) is 1.72. The van der Waals surface area contributed by atoms with Crippen LogP contribution in [0.3, 0.4) is 0 Å². The van der Waals surface area contributed by atoms with Gasteiger partial charge in [-0.25, -0.2) is 9.97 Å². The zero-order valence-electron chi connectivity index (χ0n) is 14.3. The van der Waals surface area contributed by atoms with Gasteiger partial charge in [-0.15, -0.1) is 11.3 Å². The Morgan fingerprint density at radius 1 is 0.920 bits per heavy atom. The van der Waals surface area contributed by atoms with E-state index in [1.165, 1.54) is 16.0 Å². The lowest BCUT2D eigenvalue weighted by atomic mass is 10.1. The first-order valence-electron chi connectivity index (χ1n) is 8.32. The van der Waals surface area contributed by atoms with Crippen LogP contribution in [0.1, 0.15) is 21.8 Å². The van der Waals surface area contributed by atoms with Crippen molar-refractivity contribution in [3.8, 4) is 0 Å². The van der Waals surface area contributed by atoms with E-state index in [1.54, 1.807) is 11.3 Å². The van der Waals surface area contributed by atoms with E-state index in [2.05, 4.69) is 73.8 Å². The fraction of sp³-hybridized carbons (Fsp3) is 0.143. The highest BCUT2D eigenvalue weighted by Gasteiger charge is 2.11. The molecule has 1 N–H and O–H groups in total. The van der Waals surface area contributed by atoms with Crippen LogP contribution in [-0.4, -0.2) is 9.97 Å². The summed E-state index contributed by atoms with van der Waals surface area (Å²) < 4.78 is 0. The third-order valence-electron chi connectivity index (χ3n) is 4.05. The lowest BCUT2D eigenvalue weighted by Crippen LogP contribution is -2.01. The number of anilines is 2. The Morgan fingerprint density at radius 2 is 1.76 bits per heavy atom. The molecule has 0 unspecified atom stereocenters. The minimum atomic E-state index is 0.732.